The maximum Gasteiger partial charge on any atom is 0.229 e. The molecule has 3 heterocycles. The molecule has 0 amide bonds. The van der Waals surface area contributed by atoms with Crippen LogP contribution in [0.15, 0.2) is 42.5 Å². The maximum atomic E-state index is 12.8. The van der Waals surface area contributed by atoms with Gasteiger partial charge in [0.1, 0.15) is 59.5 Å². The molecular weight excluding hydrogens is 520 g/mol. The molecule has 39 heavy (non-hydrogen) atoms. The quantitative estimate of drug-likeness (QED) is 0.208. The Morgan fingerprint density at radius 3 is 2.26 bits per heavy atom. The molecule has 3 aliphatic heterocycles. The number of aliphatic hydroxyl groups is 7. The van der Waals surface area contributed by atoms with E-state index in [1.54, 1.807) is 24.3 Å². The first-order chi connectivity index (χ1) is 18.6. The number of aliphatic hydroxyl groups excluding tert-OH is 6. The maximum absolute atomic E-state index is 12.8. The highest BCUT2D eigenvalue weighted by molar-refractivity contribution is 6.00. The zero-order chi connectivity index (χ0) is 27.9. The van der Waals surface area contributed by atoms with E-state index in [2.05, 4.69) is 0 Å². The van der Waals surface area contributed by atoms with Gasteiger partial charge in [0.25, 0.3) is 0 Å². The van der Waals surface area contributed by atoms with E-state index in [0.29, 0.717) is 11.1 Å². The van der Waals surface area contributed by atoms with E-state index in [4.69, 9.17) is 23.7 Å². The second-order valence-electron chi connectivity index (χ2n) is 9.78. The summed E-state index contributed by atoms with van der Waals surface area (Å²) in [6.07, 6.45) is -10.4. The van der Waals surface area contributed by atoms with Gasteiger partial charge in [-0.25, -0.2) is 0 Å². The fourth-order valence-corrected chi connectivity index (χ4v) is 4.65. The molecule has 2 fully saturated rings. The Morgan fingerprint density at radius 1 is 0.897 bits per heavy atom. The van der Waals surface area contributed by atoms with Crippen molar-refractivity contribution in [2.24, 2.45) is 0 Å². The highest BCUT2D eigenvalue weighted by Crippen LogP contribution is 2.38. The fraction of sp³-hybridized carbons (Fsp3) is 0.500. The highest BCUT2D eigenvalue weighted by atomic mass is 16.7. The van der Waals surface area contributed by atoms with Crippen molar-refractivity contribution in [1.29, 1.82) is 0 Å². The molecule has 0 aromatic heterocycles. The third-order valence-electron chi connectivity index (χ3n) is 7.08. The van der Waals surface area contributed by atoms with E-state index in [-0.39, 0.29) is 36.1 Å². The van der Waals surface area contributed by atoms with Crippen LogP contribution in [0.1, 0.15) is 28.4 Å². The van der Waals surface area contributed by atoms with Crippen molar-refractivity contribution in [3.8, 4) is 17.2 Å². The van der Waals surface area contributed by atoms with Gasteiger partial charge in [-0.05, 0) is 29.8 Å². The Kier molecular flexibility index (Phi) is 7.79. The van der Waals surface area contributed by atoms with Gasteiger partial charge in [0, 0.05) is 6.07 Å². The Labute approximate surface area is 222 Å². The Morgan fingerprint density at radius 2 is 1.59 bits per heavy atom. The molecule has 2 saturated heterocycles. The van der Waals surface area contributed by atoms with Crippen molar-refractivity contribution < 1.29 is 64.2 Å². The summed E-state index contributed by atoms with van der Waals surface area (Å²) < 4.78 is 27.9. The molecule has 212 valence electrons. The fourth-order valence-electron chi connectivity index (χ4n) is 4.65. The van der Waals surface area contributed by atoms with Crippen molar-refractivity contribution in [2.45, 2.75) is 61.2 Å². The van der Waals surface area contributed by atoms with E-state index in [9.17, 15) is 40.5 Å². The van der Waals surface area contributed by atoms with Gasteiger partial charge in [0.2, 0.25) is 12.6 Å². The number of carbonyl (C=O) groups excluding carboxylic acids is 1. The summed E-state index contributed by atoms with van der Waals surface area (Å²) in [4.78, 5) is 12.8. The van der Waals surface area contributed by atoms with Crippen LogP contribution in [0, 0.1) is 0 Å². The molecule has 0 radical (unpaired) electrons. The number of fused-ring (bicyclic) bond motifs is 1. The van der Waals surface area contributed by atoms with Crippen LogP contribution in [0.5, 0.6) is 17.2 Å². The van der Waals surface area contributed by atoms with Crippen LogP contribution in [0.4, 0.5) is 0 Å². The van der Waals surface area contributed by atoms with E-state index >= 15 is 0 Å². The number of carbonyl (C=O) groups is 1. The predicted molar refractivity (Wildman–Crippen MR) is 128 cm³/mol. The van der Waals surface area contributed by atoms with E-state index in [0.717, 1.165) is 0 Å². The number of hydrogen-bond donors (Lipinski definition) is 7. The van der Waals surface area contributed by atoms with Crippen LogP contribution in [-0.2, 0) is 9.47 Å². The molecule has 0 saturated carbocycles. The average molecular weight is 551 g/mol. The first kappa shape index (κ1) is 27.7. The van der Waals surface area contributed by atoms with Crippen LogP contribution in [0.25, 0.3) is 0 Å². The summed E-state index contributed by atoms with van der Waals surface area (Å²) in [6, 6.07) is 10.9. The normalized spacial score (nSPS) is 36.2. The average Bonchev–Trinajstić information content (AvgIpc) is 3.22. The molecule has 0 aliphatic carbocycles. The van der Waals surface area contributed by atoms with Crippen molar-refractivity contribution in [3.63, 3.8) is 0 Å². The lowest BCUT2D eigenvalue weighted by atomic mass is 9.96. The van der Waals surface area contributed by atoms with Gasteiger partial charge in [-0.1, -0.05) is 12.1 Å². The van der Waals surface area contributed by atoms with Crippen LogP contribution >= 0.6 is 0 Å². The van der Waals surface area contributed by atoms with Crippen molar-refractivity contribution in [2.75, 3.05) is 19.8 Å². The van der Waals surface area contributed by atoms with E-state index < -0.39 is 68.0 Å². The summed E-state index contributed by atoms with van der Waals surface area (Å²) in [5.41, 5.74) is -0.847. The Hall–Kier alpha value is -2.85. The number of rotatable bonds is 7. The number of Topliss-reactive ketones (excluding diaryl/α,β-unsaturated/α-hetero) is 1. The van der Waals surface area contributed by atoms with Gasteiger partial charge in [-0.15, -0.1) is 0 Å². The summed E-state index contributed by atoms with van der Waals surface area (Å²) in [5, 5.41) is 69.0. The largest absolute Gasteiger partial charge is 0.484 e. The van der Waals surface area contributed by atoms with Crippen LogP contribution in [0.2, 0.25) is 0 Å². The van der Waals surface area contributed by atoms with Crippen molar-refractivity contribution in [1.82, 2.24) is 0 Å². The van der Waals surface area contributed by atoms with E-state index in [1.165, 1.54) is 18.2 Å². The molecule has 7 N–H and O–H groups in total. The Balaban J connectivity index is 1.26. The zero-order valence-electron chi connectivity index (χ0n) is 20.6. The summed E-state index contributed by atoms with van der Waals surface area (Å²) in [5.74, 6) is 0.567. The minimum atomic E-state index is -1.84. The van der Waals surface area contributed by atoms with Gasteiger partial charge < -0.3 is 59.4 Å². The van der Waals surface area contributed by atoms with Gasteiger partial charge in [0.15, 0.2) is 5.78 Å². The molecule has 13 heteroatoms. The monoisotopic (exact) mass is 550 g/mol. The van der Waals surface area contributed by atoms with E-state index in [1.807, 2.05) is 0 Å². The summed E-state index contributed by atoms with van der Waals surface area (Å²) >= 11 is 0. The smallest absolute Gasteiger partial charge is 0.229 e. The van der Waals surface area contributed by atoms with Gasteiger partial charge >= 0.3 is 0 Å². The second kappa shape index (κ2) is 11.0. The van der Waals surface area contributed by atoms with Gasteiger partial charge in [-0.3, -0.25) is 4.79 Å². The molecule has 13 nitrogen and oxygen atoms in total. The number of hydrogen-bond acceptors (Lipinski definition) is 13. The van der Waals surface area contributed by atoms with Crippen LogP contribution < -0.4 is 14.2 Å². The lowest BCUT2D eigenvalue weighted by Gasteiger charge is -2.39. The predicted octanol–water partition coefficient (Wildman–Crippen LogP) is -1.61. The minimum absolute atomic E-state index is 0.0636. The summed E-state index contributed by atoms with van der Waals surface area (Å²) in [7, 11) is 0. The Bertz CT molecular complexity index is 1170. The number of benzene rings is 2. The van der Waals surface area contributed by atoms with Crippen LogP contribution in [0.3, 0.4) is 0 Å². The topological polar surface area (TPSA) is 205 Å². The molecule has 5 rings (SSSR count). The molecule has 9 atom stereocenters. The lowest BCUT2D eigenvalue weighted by molar-refractivity contribution is -0.277. The number of ether oxygens (including phenoxy) is 5. The molecule has 0 bridgehead atoms. The third kappa shape index (κ3) is 5.33. The second-order valence-corrected chi connectivity index (χ2v) is 9.78. The summed E-state index contributed by atoms with van der Waals surface area (Å²) in [6.45, 7) is -1.60. The SMILES string of the molecule is O=C1C[C@@H](c2ccc(O[C@@H]3O[C@H](CO)[C@@H](O)[C@H](O)[C@H]3O)cc2)Oc2cc(O[C@H]3OC[C@](O)(CO)[C@H]3O)ccc21. The molecule has 0 spiro atoms. The number of ketones is 1. The minimum Gasteiger partial charge on any atom is -0.484 e. The third-order valence-corrected chi connectivity index (χ3v) is 7.08. The molecule has 2 aromatic rings. The van der Waals surface area contributed by atoms with Crippen LogP contribution in [-0.4, -0.2) is 110 Å². The molecule has 0 unspecified atom stereocenters. The first-order valence-corrected chi connectivity index (χ1v) is 12.3. The molecule has 2 aromatic carbocycles. The van der Waals surface area contributed by atoms with Gasteiger partial charge in [0.05, 0.1) is 31.8 Å². The zero-order valence-corrected chi connectivity index (χ0v) is 20.6. The van der Waals surface area contributed by atoms with Crippen molar-refractivity contribution >= 4 is 5.78 Å². The molecular formula is C26H30O13. The van der Waals surface area contributed by atoms with Gasteiger partial charge in [-0.2, -0.15) is 0 Å². The standard InChI is InChI=1S/C26H30O13/c27-9-19-20(30)21(31)22(32)24(39-19)36-13-3-1-12(2-4-13)17-8-16(29)15-6-5-14(7-18(15)38-17)37-25-23(33)26(34,10-28)11-35-25/h1-7,17,19-25,27-28,30-34H,8-11H2/t17-,19+,20+,21-,22+,23-,24+,25+,26+/m0/s1. The first-order valence-electron chi connectivity index (χ1n) is 12.3. The highest BCUT2D eigenvalue weighted by Gasteiger charge is 2.49. The lowest BCUT2D eigenvalue weighted by Crippen LogP contribution is -2.60. The van der Waals surface area contributed by atoms with Crippen molar-refractivity contribution in [3.05, 3.63) is 53.6 Å². The molecule has 3 aliphatic rings.